The van der Waals surface area contributed by atoms with Crippen LogP contribution in [-0.2, 0) is 0 Å². The van der Waals surface area contributed by atoms with E-state index in [4.69, 9.17) is 5.11 Å². The van der Waals surface area contributed by atoms with E-state index < -0.39 is 0 Å². The summed E-state index contributed by atoms with van der Waals surface area (Å²) in [6.07, 6.45) is 5.01. The van der Waals surface area contributed by atoms with Crippen molar-refractivity contribution in [3.63, 3.8) is 0 Å². The molecule has 0 aliphatic carbocycles. The molecule has 0 bridgehead atoms. The van der Waals surface area contributed by atoms with Crippen molar-refractivity contribution in [1.82, 2.24) is 4.90 Å². The van der Waals surface area contributed by atoms with Crippen LogP contribution in [0.3, 0.4) is 0 Å². The second kappa shape index (κ2) is 6.78. The second-order valence-corrected chi connectivity index (χ2v) is 2.41. The molecular weight excluding hydrogens is 126 g/mol. The molecule has 2 heteroatoms. The molecule has 60 valence electrons. The molecule has 0 rings (SSSR count). The molecule has 0 atom stereocenters. The summed E-state index contributed by atoms with van der Waals surface area (Å²) in [5.74, 6) is 0. The van der Waals surface area contributed by atoms with Gasteiger partial charge in [-0.05, 0) is 20.4 Å². The van der Waals surface area contributed by atoms with E-state index >= 15 is 0 Å². The van der Waals surface area contributed by atoms with Gasteiger partial charge in [0, 0.05) is 19.7 Å². The summed E-state index contributed by atoms with van der Waals surface area (Å²) in [4.78, 5) is 2.18. The lowest BCUT2D eigenvalue weighted by Crippen LogP contribution is -2.20. The first kappa shape index (κ1) is 9.66. The highest BCUT2D eigenvalue weighted by molar-refractivity contribution is 4.79. The molecule has 0 saturated heterocycles. The number of likely N-dealkylation sites (N-methyl/N-ethyl adjacent to an activating group) is 1. The third-order valence-electron chi connectivity index (χ3n) is 1.35. The molecule has 0 aliphatic rings. The van der Waals surface area contributed by atoms with Crippen molar-refractivity contribution in [1.29, 1.82) is 0 Å². The Hall–Kier alpha value is -0.340. The molecule has 2 nitrogen and oxygen atoms in total. The zero-order valence-electron chi connectivity index (χ0n) is 6.88. The van der Waals surface area contributed by atoms with Gasteiger partial charge in [-0.25, -0.2) is 0 Å². The molecule has 0 aromatic rings. The Balaban J connectivity index is 3.16. The minimum atomic E-state index is 0.292. The third-order valence-corrected chi connectivity index (χ3v) is 1.35. The first-order chi connectivity index (χ1) is 4.81. The summed E-state index contributed by atoms with van der Waals surface area (Å²) in [6.45, 7) is 4.26. The van der Waals surface area contributed by atoms with Gasteiger partial charge in [-0.2, -0.15) is 0 Å². The maximum Gasteiger partial charge on any atom is 0.0443 e. The van der Waals surface area contributed by atoms with Crippen LogP contribution in [0.1, 0.15) is 13.3 Å². The molecule has 1 N–H and O–H groups in total. The van der Waals surface area contributed by atoms with Crippen LogP contribution in [0, 0.1) is 0 Å². The summed E-state index contributed by atoms with van der Waals surface area (Å²) in [5.41, 5.74) is 0. The first-order valence-electron chi connectivity index (χ1n) is 3.71. The summed E-state index contributed by atoms with van der Waals surface area (Å²) in [5, 5.41) is 8.50. The summed E-state index contributed by atoms with van der Waals surface area (Å²) in [6, 6.07) is 0. The standard InChI is InChI=1S/C8H17NO/c1-3-4-6-9(2)7-5-8-10/h3-4,10H,5-8H2,1-2H3. The van der Waals surface area contributed by atoms with Crippen LogP contribution < -0.4 is 0 Å². The van der Waals surface area contributed by atoms with Gasteiger partial charge < -0.3 is 10.0 Å². The number of allylic oxidation sites excluding steroid dienone is 1. The highest BCUT2D eigenvalue weighted by atomic mass is 16.3. The van der Waals surface area contributed by atoms with Crippen molar-refractivity contribution in [2.45, 2.75) is 13.3 Å². The number of hydrogen-bond acceptors (Lipinski definition) is 2. The Morgan fingerprint density at radius 1 is 1.50 bits per heavy atom. The van der Waals surface area contributed by atoms with Crippen LogP contribution in [0.25, 0.3) is 0 Å². The minimum absolute atomic E-state index is 0.292. The van der Waals surface area contributed by atoms with E-state index in [9.17, 15) is 0 Å². The lowest BCUT2D eigenvalue weighted by Gasteiger charge is -2.12. The average Bonchev–Trinajstić information content (AvgIpc) is 1.97. The second-order valence-electron chi connectivity index (χ2n) is 2.41. The van der Waals surface area contributed by atoms with Gasteiger partial charge in [0.15, 0.2) is 0 Å². The molecule has 0 aliphatic heterocycles. The monoisotopic (exact) mass is 143 g/mol. The van der Waals surface area contributed by atoms with E-state index in [0.29, 0.717) is 6.61 Å². The zero-order chi connectivity index (χ0) is 7.82. The number of nitrogens with zero attached hydrogens (tertiary/aromatic N) is 1. The fourth-order valence-corrected chi connectivity index (χ4v) is 0.717. The molecule has 0 heterocycles. The van der Waals surface area contributed by atoms with Gasteiger partial charge >= 0.3 is 0 Å². The number of rotatable bonds is 5. The topological polar surface area (TPSA) is 23.5 Å². The normalized spacial score (nSPS) is 11.6. The van der Waals surface area contributed by atoms with Crippen molar-refractivity contribution < 1.29 is 5.11 Å². The van der Waals surface area contributed by atoms with Gasteiger partial charge in [-0.1, -0.05) is 12.2 Å². The molecule has 0 fully saturated rings. The first-order valence-corrected chi connectivity index (χ1v) is 3.71. The molecular formula is C8H17NO. The highest BCUT2D eigenvalue weighted by Gasteiger charge is 1.91. The smallest absolute Gasteiger partial charge is 0.0443 e. The number of hydrogen-bond donors (Lipinski definition) is 1. The highest BCUT2D eigenvalue weighted by Crippen LogP contribution is 1.86. The van der Waals surface area contributed by atoms with Crippen molar-refractivity contribution in [2.75, 3.05) is 26.7 Å². The predicted octanol–water partition coefficient (Wildman–Crippen LogP) is 0.877. The Bertz CT molecular complexity index is 91.3. The molecule has 0 saturated carbocycles. The van der Waals surface area contributed by atoms with Gasteiger partial charge in [-0.15, -0.1) is 0 Å². The molecule has 0 radical (unpaired) electrons. The summed E-state index contributed by atoms with van der Waals surface area (Å²) in [7, 11) is 2.05. The van der Waals surface area contributed by atoms with E-state index in [1.807, 2.05) is 13.0 Å². The fourth-order valence-electron chi connectivity index (χ4n) is 0.717. The summed E-state index contributed by atoms with van der Waals surface area (Å²) < 4.78 is 0. The maximum absolute atomic E-state index is 8.50. The minimum Gasteiger partial charge on any atom is -0.396 e. The van der Waals surface area contributed by atoms with Gasteiger partial charge in [-0.3, -0.25) is 0 Å². The van der Waals surface area contributed by atoms with E-state index in [0.717, 1.165) is 19.5 Å². The lowest BCUT2D eigenvalue weighted by molar-refractivity contribution is 0.256. The van der Waals surface area contributed by atoms with Crippen LogP contribution >= 0.6 is 0 Å². The molecule has 0 aromatic heterocycles. The Kier molecular flexibility index (Phi) is 6.55. The molecule has 10 heavy (non-hydrogen) atoms. The van der Waals surface area contributed by atoms with Gasteiger partial charge in [0.25, 0.3) is 0 Å². The van der Waals surface area contributed by atoms with Crippen molar-refractivity contribution >= 4 is 0 Å². The van der Waals surface area contributed by atoms with Gasteiger partial charge in [0.05, 0.1) is 0 Å². The number of aliphatic hydroxyl groups excluding tert-OH is 1. The summed E-state index contributed by atoms with van der Waals surface area (Å²) >= 11 is 0. The van der Waals surface area contributed by atoms with Crippen LogP contribution in [-0.4, -0.2) is 36.8 Å². The van der Waals surface area contributed by atoms with Crippen LogP contribution in [0.2, 0.25) is 0 Å². The fraction of sp³-hybridized carbons (Fsp3) is 0.750. The van der Waals surface area contributed by atoms with Gasteiger partial charge in [0.2, 0.25) is 0 Å². The molecule has 0 amide bonds. The van der Waals surface area contributed by atoms with Crippen molar-refractivity contribution in [3.05, 3.63) is 12.2 Å². The van der Waals surface area contributed by atoms with Crippen LogP contribution in [0.4, 0.5) is 0 Å². The van der Waals surface area contributed by atoms with E-state index in [-0.39, 0.29) is 0 Å². The van der Waals surface area contributed by atoms with E-state index in [1.54, 1.807) is 0 Å². The quantitative estimate of drug-likeness (QED) is 0.577. The Morgan fingerprint density at radius 2 is 2.20 bits per heavy atom. The molecule has 0 aromatic carbocycles. The van der Waals surface area contributed by atoms with E-state index in [2.05, 4.69) is 18.0 Å². The Morgan fingerprint density at radius 3 is 2.70 bits per heavy atom. The zero-order valence-corrected chi connectivity index (χ0v) is 6.88. The predicted molar refractivity (Wildman–Crippen MR) is 44.0 cm³/mol. The number of aliphatic hydroxyl groups is 1. The third kappa shape index (κ3) is 5.79. The molecule has 0 unspecified atom stereocenters. The van der Waals surface area contributed by atoms with Crippen LogP contribution in [0.15, 0.2) is 12.2 Å². The van der Waals surface area contributed by atoms with Crippen LogP contribution in [0.5, 0.6) is 0 Å². The van der Waals surface area contributed by atoms with Crippen molar-refractivity contribution in [3.8, 4) is 0 Å². The average molecular weight is 143 g/mol. The largest absolute Gasteiger partial charge is 0.396 e. The van der Waals surface area contributed by atoms with E-state index in [1.165, 1.54) is 0 Å². The maximum atomic E-state index is 8.50. The SMILES string of the molecule is CC=CCN(C)CCCO. The Labute approximate surface area is 63.2 Å². The van der Waals surface area contributed by atoms with Gasteiger partial charge in [0.1, 0.15) is 0 Å². The molecule has 0 spiro atoms. The lowest BCUT2D eigenvalue weighted by atomic mass is 10.4. The van der Waals surface area contributed by atoms with Crippen molar-refractivity contribution in [2.24, 2.45) is 0 Å².